The maximum Gasteiger partial charge on any atom is 0.255 e. The Morgan fingerprint density at radius 1 is 1.04 bits per heavy atom. The van der Waals surface area contributed by atoms with E-state index < -0.39 is 0 Å². The van der Waals surface area contributed by atoms with Crippen LogP contribution in [0.4, 0.5) is 5.69 Å². The third-order valence-corrected chi connectivity index (χ3v) is 4.54. The first kappa shape index (κ1) is 21.6. The molecule has 28 heavy (non-hydrogen) atoms. The normalized spacial score (nSPS) is 11.9. The molecule has 0 aliphatic heterocycles. The Kier molecular flexibility index (Phi) is 8.20. The Morgan fingerprint density at radius 3 is 2.32 bits per heavy atom. The molecule has 0 radical (unpaired) electrons. The standard InChI is InChI=1S/C23H30N2O3/c1-4-19(15-26)24-22(27)14-17-9-11-20(12-10-17)25-23(28)21-8-6-5-7-18(21)13-16(2)3/h5-12,16,19,26H,4,13-15H2,1-3H3,(H,24,27)(H,25,28). The highest BCUT2D eigenvalue weighted by molar-refractivity contribution is 6.05. The molecule has 3 N–H and O–H groups in total. The summed E-state index contributed by atoms with van der Waals surface area (Å²) in [6.45, 7) is 6.11. The van der Waals surface area contributed by atoms with Crippen molar-refractivity contribution in [2.75, 3.05) is 11.9 Å². The number of hydrogen-bond donors (Lipinski definition) is 3. The zero-order chi connectivity index (χ0) is 20.5. The molecule has 0 saturated heterocycles. The minimum Gasteiger partial charge on any atom is -0.394 e. The minimum atomic E-state index is -0.211. The van der Waals surface area contributed by atoms with E-state index in [-0.39, 0.29) is 30.9 Å². The molecular weight excluding hydrogens is 352 g/mol. The molecule has 2 aromatic rings. The molecular formula is C23H30N2O3. The van der Waals surface area contributed by atoms with Crippen molar-refractivity contribution in [2.24, 2.45) is 5.92 Å². The van der Waals surface area contributed by atoms with E-state index in [2.05, 4.69) is 24.5 Å². The number of aliphatic hydroxyl groups excluding tert-OH is 1. The van der Waals surface area contributed by atoms with Crippen LogP contribution in [0.25, 0.3) is 0 Å². The number of hydrogen-bond acceptors (Lipinski definition) is 3. The average molecular weight is 383 g/mol. The zero-order valence-corrected chi connectivity index (χ0v) is 16.9. The van der Waals surface area contributed by atoms with Crippen molar-refractivity contribution in [1.29, 1.82) is 0 Å². The third-order valence-electron chi connectivity index (χ3n) is 4.54. The van der Waals surface area contributed by atoms with Crippen LogP contribution in [0.1, 0.15) is 48.7 Å². The zero-order valence-electron chi connectivity index (χ0n) is 16.9. The Bertz CT molecular complexity index is 781. The average Bonchev–Trinajstić information content (AvgIpc) is 2.67. The lowest BCUT2D eigenvalue weighted by Gasteiger charge is -2.14. The topological polar surface area (TPSA) is 78.4 Å². The quantitative estimate of drug-likeness (QED) is 0.620. The maximum atomic E-state index is 12.7. The number of benzene rings is 2. The molecule has 5 heteroatoms. The number of rotatable bonds is 9. The maximum absolute atomic E-state index is 12.7. The number of aliphatic hydroxyl groups is 1. The van der Waals surface area contributed by atoms with Gasteiger partial charge in [0.2, 0.25) is 5.91 Å². The summed E-state index contributed by atoms with van der Waals surface area (Å²) in [6, 6.07) is 14.7. The largest absolute Gasteiger partial charge is 0.394 e. The van der Waals surface area contributed by atoms with Crippen molar-refractivity contribution < 1.29 is 14.7 Å². The summed E-state index contributed by atoms with van der Waals surface area (Å²) in [7, 11) is 0. The molecule has 1 unspecified atom stereocenters. The van der Waals surface area contributed by atoms with Gasteiger partial charge in [-0.05, 0) is 48.1 Å². The smallest absolute Gasteiger partial charge is 0.255 e. The summed E-state index contributed by atoms with van der Waals surface area (Å²) in [4.78, 5) is 24.7. The first-order valence-electron chi connectivity index (χ1n) is 9.81. The van der Waals surface area contributed by atoms with Gasteiger partial charge < -0.3 is 15.7 Å². The molecule has 2 rings (SSSR count). The summed E-state index contributed by atoms with van der Waals surface area (Å²) >= 11 is 0. The fraction of sp³-hybridized carbons (Fsp3) is 0.391. The van der Waals surface area contributed by atoms with Gasteiger partial charge in [0.15, 0.2) is 0 Å². The minimum absolute atomic E-state index is 0.0640. The van der Waals surface area contributed by atoms with Gasteiger partial charge in [0.1, 0.15) is 0 Å². The molecule has 2 amide bonds. The summed E-state index contributed by atoms with van der Waals surface area (Å²) < 4.78 is 0. The van der Waals surface area contributed by atoms with Crippen LogP contribution in [0, 0.1) is 5.92 Å². The lowest BCUT2D eigenvalue weighted by Crippen LogP contribution is -2.37. The predicted molar refractivity (Wildman–Crippen MR) is 112 cm³/mol. The third kappa shape index (κ3) is 6.50. The SMILES string of the molecule is CCC(CO)NC(=O)Cc1ccc(NC(=O)c2ccccc2CC(C)C)cc1. The van der Waals surface area contributed by atoms with Gasteiger partial charge in [0.25, 0.3) is 5.91 Å². The number of carbonyl (C=O) groups excluding carboxylic acids is 2. The molecule has 0 aliphatic rings. The highest BCUT2D eigenvalue weighted by Gasteiger charge is 2.13. The van der Waals surface area contributed by atoms with E-state index in [0.29, 0.717) is 23.6 Å². The molecule has 0 bridgehead atoms. The van der Waals surface area contributed by atoms with E-state index in [1.54, 1.807) is 12.1 Å². The number of nitrogens with one attached hydrogen (secondary N) is 2. The Balaban J connectivity index is 1.99. The molecule has 0 saturated carbocycles. The molecule has 1 atom stereocenters. The second-order valence-corrected chi connectivity index (χ2v) is 7.44. The molecule has 2 aromatic carbocycles. The van der Waals surface area contributed by atoms with Crippen LogP contribution in [-0.2, 0) is 17.6 Å². The van der Waals surface area contributed by atoms with E-state index in [4.69, 9.17) is 5.11 Å². The summed E-state index contributed by atoms with van der Waals surface area (Å²) in [5.74, 6) is 0.216. The van der Waals surface area contributed by atoms with Crippen molar-refractivity contribution in [2.45, 2.75) is 46.1 Å². The van der Waals surface area contributed by atoms with Crippen LogP contribution in [0.15, 0.2) is 48.5 Å². The summed E-state index contributed by atoms with van der Waals surface area (Å²) in [6.07, 6.45) is 1.78. The Hall–Kier alpha value is -2.66. The number of carbonyl (C=O) groups is 2. The van der Waals surface area contributed by atoms with E-state index in [1.807, 2.05) is 43.3 Å². The predicted octanol–water partition coefficient (Wildman–Crippen LogP) is 3.57. The van der Waals surface area contributed by atoms with Crippen molar-refractivity contribution in [3.63, 3.8) is 0 Å². The van der Waals surface area contributed by atoms with Crippen LogP contribution in [-0.4, -0.2) is 29.6 Å². The molecule has 5 nitrogen and oxygen atoms in total. The van der Waals surface area contributed by atoms with Gasteiger partial charge in [-0.2, -0.15) is 0 Å². The summed E-state index contributed by atoms with van der Waals surface area (Å²) in [5, 5.41) is 14.9. The fourth-order valence-corrected chi connectivity index (χ4v) is 3.00. The van der Waals surface area contributed by atoms with Crippen LogP contribution >= 0.6 is 0 Å². The van der Waals surface area contributed by atoms with E-state index >= 15 is 0 Å². The monoisotopic (exact) mass is 382 g/mol. The van der Waals surface area contributed by atoms with Crippen molar-refractivity contribution in [3.05, 3.63) is 65.2 Å². The second kappa shape index (κ2) is 10.6. The van der Waals surface area contributed by atoms with Gasteiger partial charge in [-0.15, -0.1) is 0 Å². The van der Waals surface area contributed by atoms with Gasteiger partial charge in [-0.1, -0.05) is 51.1 Å². The van der Waals surface area contributed by atoms with E-state index in [0.717, 1.165) is 17.5 Å². The Morgan fingerprint density at radius 2 is 1.71 bits per heavy atom. The van der Waals surface area contributed by atoms with E-state index in [9.17, 15) is 9.59 Å². The van der Waals surface area contributed by atoms with Crippen molar-refractivity contribution in [1.82, 2.24) is 5.32 Å². The van der Waals surface area contributed by atoms with Crippen LogP contribution < -0.4 is 10.6 Å². The summed E-state index contributed by atoms with van der Waals surface area (Å²) in [5.41, 5.74) is 3.27. The highest BCUT2D eigenvalue weighted by atomic mass is 16.3. The molecule has 150 valence electrons. The molecule has 0 heterocycles. The van der Waals surface area contributed by atoms with Crippen LogP contribution in [0.5, 0.6) is 0 Å². The molecule has 0 fully saturated rings. The number of amides is 2. The van der Waals surface area contributed by atoms with Gasteiger partial charge in [0, 0.05) is 11.3 Å². The highest BCUT2D eigenvalue weighted by Crippen LogP contribution is 2.17. The second-order valence-electron chi connectivity index (χ2n) is 7.44. The Labute approximate surface area is 167 Å². The van der Waals surface area contributed by atoms with Crippen molar-refractivity contribution >= 4 is 17.5 Å². The van der Waals surface area contributed by atoms with Crippen LogP contribution in [0.2, 0.25) is 0 Å². The molecule has 0 aliphatic carbocycles. The van der Waals surface area contributed by atoms with Gasteiger partial charge >= 0.3 is 0 Å². The lowest BCUT2D eigenvalue weighted by atomic mass is 9.97. The first-order valence-corrected chi connectivity index (χ1v) is 9.81. The number of anilines is 1. The molecule has 0 aromatic heterocycles. The van der Waals surface area contributed by atoms with E-state index in [1.165, 1.54) is 0 Å². The van der Waals surface area contributed by atoms with Gasteiger partial charge in [-0.25, -0.2) is 0 Å². The lowest BCUT2D eigenvalue weighted by molar-refractivity contribution is -0.121. The molecule has 0 spiro atoms. The van der Waals surface area contributed by atoms with Crippen LogP contribution in [0.3, 0.4) is 0 Å². The first-order chi connectivity index (χ1) is 13.4. The van der Waals surface area contributed by atoms with Gasteiger partial charge in [0.05, 0.1) is 19.1 Å². The van der Waals surface area contributed by atoms with Gasteiger partial charge in [-0.3, -0.25) is 9.59 Å². The van der Waals surface area contributed by atoms with Crippen molar-refractivity contribution in [3.8, 4) is 0 Å². The fourth-order valence-electron chi connectivity index (χ4n) is 3.00.